The van der Waals surface area contributed by atoms with Gasteiger partial charge in [-0.1, -0.05) is 45.4 Å². The highest BCUT2D eigenvalue weighted by atomic mass is 15.2. The number of likely N-dealkylation sites (N-methyl/N-ethyl adjacent to an activating group) is 2. The molecule has 2 nitrogen and oxygen atoms in total. The normalized spacial score (nSPS) is 33.3. The van der Waals surface area contributed by atoms with Crippen molar-refractivity contribution < 1.29 is 0 Å². The van der Waals surface area contributed by atoms with Crippen LogP contribution in [0.1, 0.15) is 77.6 Å². The first-order chi connectivity index (χ1) is 9.76. The van der Waals surface area contributed by atoms with E-state index in [1.54, 1.807) is 0 Å². The minimum atomic E-state index is 0.719. The van der Waals surface area contributed by atoms with Crippen molar-refractivity contribution in [2.24, 2.45) is 5.92 Å². The van der Waals surface area contributed by atoms with Gasteiger partial charge < -0.3 is 5.32 Å². The molecule has 0 saturated heterocycles. The van der Waals surface area contributed by atoms with Gasteiger partial charge in [0.05, 0.1) is 0 Å². The van der Waals surface area contributed by atoms with E-state index >= 15 is 0 Å². The Labute approximate surface area is 126 Å². The standard InChI is InChI=1S/C18H36N2/c1-4-9-15-12-13-17(19-2)18(14-15)20(3)16-10-7-5-6-8-11-16/h15-19H,4-14H2,1-3H3. The lowest BCUT2D eigenvalue weighted by Crippen LogP contribution is -2.54. The fourth-order valence-corrected chi connectivity index (χ4v) is 4.62. The fourth-order valence-electron chi connectivity index (χ4n) is 4.62. The van der Waals surface area contributed by atoms with Gasteiger partial charge >= 0.3 is 0 Å². The van der Waals surface area contributed by atoms with Crippen molar-refractivity contribution in [1.82, 2.24) is 10.2 Å². The third-order valence-electron chi connectivity index (χ3n) is 5.92. The number of hydrogen-bond donors (Lipinski definition) is 1. The number of hydrogen-bond acceptors (Lipinski definition) is 2. The predicted octanol–water partition coefficient (Wildman–Crippen LogP) is 4.20. The quantitative estimate of drug-likeness (QED) is 0.759. The highest BCUT2D eigenvalue weighted by Crippen LogP contribution is 2.33. The second-order valence-electron chi connectivity index (χ2n) is 7.24. The van der Waals surface area contributed by atoms with Gasteiger partial charge in [-0.25, -0.2) is 0 Å². The minimum absolute atomic E-state index is 0.719. The molecule has 2 aliphatic rings. The molecule has 1 N–H and O–H groups in total. The Morgan fingerprint density at radius 1 is 1.00 bits per heavy atom. The molecule has 0 heterocycles. The molecule has 0 aromatic heterocycles. The number of rotatable bonds is 5. The van der Waals surface area contributed by atoms with Crippen LogP contribution >= 0.6 is 0 Å². The van der Waals surface area contributed by atoms with Gasteiger partial charge in [-0.05, 0) is 52.1 Å². The topological polar surface area (TPSA) is 15.3 Å². The summed E-state index contributed by atoms with van der Waals surface area (Å²) in [5, 5.41) is 3.61. The molecule has 2 aliphatic carbocycles. The maximum Gasteiger partial charge on any atom is 0.0251 e. The van der Waals surface area contributed by atoms with Crippen LogP contribution in [0.4, 0.5) is 0 Å². The first-order valence-corrected chi connectivity index (χ1v) is 9.15. The molecule has 3 atom stereocenters. The van der Waals surface area contributed by atoms with Crippen molar-refractivity contribution in [3.8, 4) is 0 Å². The molecule has 0 aromatic rings. The van der Waals surface area contributed by atoms with Crippen LogP contribution in [0.25, 0.3) is 0 Å². The molecule has 3 unspecified atom stereocenters. The molecule has 0 spiro atoms. The van der Waals surface area contributed by atoms with Gasteiger partial charge in [0, 0.05) is 18.1 Å². The zero-order valence-corrected chi connectivity index (χ0v) is 14.0. The van der Waals surface area contributed by atoms with Gasteiger partial charge in [-0.3, -0.25) is 4.90 Å². The third-order valence-corrected chi connectivity index (χ3v) is 5.92. The Kier molecular flexibility index (Phi) is 6.83. The van der Waals surface area contributed by atoms with E-state index in [-0.39, 0.29) is 0 Å². The van der Waals surface area contributed by atoms with Gasteiger partial charge in [-0.15, -0.1) is 0 Å². The minimum Gasteiger partial charge on any atom is -0.315 e. The highest BCUT2D eigenvalue weighted by molar-refractivity contribution is 4.92. The van der Waals surface area contributed by atoms with E-state index in [0.29, 0.717) is 0 Å². The van der Waals surface area contributed by atoms with E-state index in [4.69, 9.17) is 0 Å². The van der Waals surface area contributed by atoms with Gasteiger partial charge in [0.15, 0.2) is 0 Å². The Morgan fingerprint density at radius 2 is 1.70 bits per heavy atom. The second kappa shape index (κ2) is 8.38. The maximum absolute atomic E-state index is 3.61. The van der Waals surface area contributed by atoms with E-state index < -0.39 is 0 Å². The molecule has 2 heteroatoms. The molecule has 0 aromatic carbocycles. The summed E-state index contributed by atoms with van der Waals surface area (Å²) in [7, 11) is 4.58. The SMILES string of the molecule is CCCC1CCC(NC)C(N(C)C2CCCCCC2)C1. The molecule has 118 valence electrons. The van der Waals surface area contributed by atoms with E-state index in [0.717, 1.165) is 24.0 Å². The average molecular weight is 280 g/mol. The van der Waals surface area contributed by atoms with Crippen molar-refractivity contribution in [2.45, 2.75) is 95.7 Å². The molecule has 0 bridgehead atoms. The van der Waals surface area contributed by atoms with Gasteiger partial charge in [0.25, 0.3) is 0 Å². The van der Waals surface area contributed by atoms with Crippen LogP contribution in [0.15, 0.2) is 0 Å². The van der Waals surface area contributed by atoms with Crippen molar-refractivity contribution in [1.29, 1.82) is 0 Å². The largest absolute Gasteiger partial charge is 0.315 e. The summed E-state index contributed by atoms with van der Waals surface area (Å²) in [6.07, 6.45) is 15.7. The lowest BCUT2D eigenvalue weighted by atomic mass is 9.79. The summed E-state index contributed by atoms with van der Waals surface area (Å²) in [5.41, 5.74) is 0. The maximum atomic E-state index is 3.61. The highest BCUT2D eigenvalue weighted by Gasteiger charge is 2.34. The summed E-state index contributed by atoms with van der Waals surface area (Å²) in [6.45, 7) is 2.34. The van der Waals surface area contributed by atoms with Crippen molar-refractivity contribution in [3.05, 3.63) is 0 Å². The van der Waals surface area contributed by atoms with Gasteiger partial charge in [0.1, 0.15) is 0 Å². The van der Waals surface area contributed by atoms with Gasteiger partial charge in [0.2, 0.25) is 0 Å². The average Bonchev–Trinajstić information content (AvgIpc) is 2.76. The summed E-state index contributed by atoms with van der Waals surface area (Å²) >= 11 is 0. The first-order valence-electron chi connectivity index (χ1n) is 9.15. The molecule has 0 amide bonds. The molecule has 2 fully saturated rings. The van der Waals surface area contributed by atoms with E-state index in [2.05, 4.69) is 31.2 Å². The lowest BCUT2D eigenvalue weighted by molar-refractivity contribution is 0.0771. The van der Waals surface area contributed by atoms with Crippen LogP contribution in [0.2, 0.25) is 0 Å². The second-order valence-corrected chi connectivity index (χ2v) is 7.24. The van der Waals surface area contributed by atoms with Crippen LogP contribution in [-0.4, -0.2) is 37.1 Å². The predicted molar refractivity (Wildman–Crippen MR) is 88.1 cm³/mol. The Morgan fingerprint density at radius 3 is 2.30 bits per heavy atom. The Bertz CT molecular complexity index is 258. The van der Waals surface area contributed by atoms with Crippen molar-refractivity contribution in [2.75, 3.05) is 14.1 Å². The molecular formula is C18H36N2. The smallest absolute Gasteiger partial charge is 0.0251 e. The van der Waals surface area contributed by atoms with Crippen molar-refractivity contribution >= 4 is 0 Å². The molecule has 20 heavy (non-hydrogen) atoms. The third kappa shape index (κ3) is 4.21. The van der Waals surface area contributed by atoms with E-state index in [1.165, 1.54) is 70.6 Å². The summed E-state index contributed by atoms with van der Waals surface area (Å²) in [5.74, 6) is 0.975. The van der Waals surface area contributed by atoms with Crippen molar-refractivity contribution in [3.63, 3.8) is 0 Å². The Balaban J connectivity index is 1.97. The molecule has 2 saturated carbocycles. The lowest BCUT2D eigenvalue weighted by Gasteiger charge is -2.44. The van der Waals surface area contributed by atoms with Crippen LogP contribution in [-0.2, 0) is 0 Å². The molecule has 0 aliphatic heterocycles. The van der Waals surface area contributed by atoms with Crippen LogP contribution in [0, 0.1) is 5.92 Å². The summed E-state index contributed by atoms with van der Waals surface area (Å²) in [4.78, 5) is 2.77. The molecular weight excluding hydrogens is 244 g/mol. The van der Waals surface area contributed by atoms with Gasteiger partial charge in [-0.2, -0.15) is 0 Å². The van der Waals surface area contributed by atoms with E-state index in [1.807, 2.05) is 0 Å². The fraction of sp³-hybridized carbons (Fsp3) is 1.00. The van der Waals surface area contributed by atoms with Crippen LogP contribution in [0.5, 0.6) is 0 Å². The van der Waals surface area contributed by atoms with Crippen LogP contribution in [0.3, 0.4) is 0 Å². The monoisotopic (exact) mass is 280 g/mol. The molecule has 2 rings (SSSR count). The first kappa shape index (κ1) is 16.3. The zero-order chi connectivity index (χ0) is 14.4. The van der Waals surface area contributed by atoms with Crippen LogP contribution < -0.4 is 5.32 Å². The number of nitrogens with zero attached hydrogens (tertiary/aromatic N) is 1. The zero-order valence-electron chi connectivity index (χ0n) is 14.0. The summed E-state index contributed by atoms with van der Waals surface area (Å²) < 4.78 is 0. The Hall–Kier alpha value is -0.0800. The summed E-state index contributed by atoms with van der Waals surface area (Å²) in [6, 6.07) is 2.34. The van der Waals surface area contributed by atoms with E-state index in [9.17, 15) is 0 Å². The number of nitrogens with one attached hydrogen (secondary N) is 1. The molecule has 0 radical (unpaired) electrons.